The molecule has 1 aromatic heterocycles. The van der Waals surface area contributed by atoms with Crippen LogP contribution in [0, 0.1) is 23.2 Å². The molecule has 3 N–H and O–H groups in total. The monoisotopic (exact) mass is 440 g/mol. The van der Waals surface area contributed by atoms with Crippen LogP contribution in [0.15, 0.2) is 24.3 Å². The van der Waals surface area contributed by atoms with Crippen molar-refractivity contribution in [1.82, 2.24) is 14.7 Å². The Morgan fingerprint density at radius 2 is 2.12 bits per heavy atom. The first-order valence-electron chi connectivity index (χ1n) is 10.4. The lowest BCUT2D eigenvalue weighted by Gasteiger charge is -2.18. The maximum atomic E-state index is 14.4. The maximum Gasteiger partial charge on any atom is 0.269 e. The van der Waals surface area contributed by atoms with Crippen LogP contribution in [0.3, 0.4) is 0 Å². The van der Waals surface area contributed by atoms with Gasteiger partial charge in [0.05, 0.1) is 5.69 Å². The molecule has 1 aliphatic heterocycles. The number of nitrogens with two attached hydrogens (primary N) is 1. The highest BCUT2D eigenvalue weighted by molar-refractivity contribution is 5.93. The van der Waals surface area contributed by atoms with E-state index in [9.17, 15) is 23.5 Å². The van der Waals surface area contributed by atoms with Gasteiger partial charge in [-0.3, -0.25) is 9.59 Å². The SMILES string of the molecule is CN1CC[C@@](O)(C#Cc2cccc(-n3nc(C(N)=O)c4c3CC3(C)C(C4)C3(F)F)c2)C1=O. The molecular weight excluding hydrogens is 418 g/mol. The summed E-state index contributed by atoms with van der Waals surface area (Å²) in [5.74, 6) is 0.681. The van der Waals surface area contributed by atoms with Crippen molar-refractivity contribution in [3.63, 3.8) is 0 Å². The van der Waals surface area contributed by atoms with Gasteiger partial charge in [-0.25, -0.2) is 13.5 Å². The number of fused-ring (bicyclic) bond motifs is 2. The molecule has 2 unspecified atom stereocenters. The Bertz CT molecular complexity index is 1240. The van der Waals surface area contributed by atoms with E-state index in [1.54, 1.807) is 38.2 Å². The van der Waals surface area contributed by atoms with E-state index in [0.717, 1.165) is 0 Å². The van der Waals surface area contributed by atoms with Crippen LogP contribution in [0.5, 0.6) is 0 Å². The standard InChI is InChI=1S/C23H22F2N4O3/c1-21-12-16-15(11-17(21)23(21,24)25)18(19(26)30)27-29(16)14-5-3-4-13(10-14)6-7-22(32)8-9-28(2)20(22)31/h3-5,10,17,32H,8-9,11-12H2,1-2H3,(H2,26,30)/t17?,21?,22-/m0/s1. The van der Waals surface area contributed by atoms with Gasteiger partial charge in [-0.15, -0.1) is 0 Å². The van der Waals surface area contributed by atoms with Crippen molar-refractivity contribution in [3.05, 3.63) is 46.8 Å². The van der Waals surface area contributed by atoms with Crippen LogP contribution in [0.4, 0.5) is 8.78 Å². The number of primary amides is 1. The topological polar surface area (TPSA) is 101 Å². The van der Waals surface area contributed by atoms with Crippen LogP contribution in [0.1, 0.15) is 40.7 Å². The Balaban J connectivity index is 1.54. The molecule has 7 nitrogen and oxygen atoms in total. The second-order valence-electron chi connectivity index (χ2n) is 9.16. The van der Waals surface area contributed by atoms with Crippen LogP contribution < -0.4 is 5.73 Å². The summed E-state index contributed by atoms with van der Waals surface area (Å²) in [6.45, 7) is 1.98. The van der Waals surface area contributed by atoms with Crippen LogP contribution in [-0.4, -0.2) is 56.7 Å². The Morgan fingerprint density at radius 1 is 1.38 bits per heavy atom. The van der Waals surface area contributed by atoms with Crippen LogP contribution in [0.25, 0.3) is 5.69 Å². The lowest BCUT2D eigenvalue weighted by molar-refractivity contribution is -0.137. The minimum Gasteiger partial charge on any atom is -0.369 e. The number of carbonyl (C=O) groups is 2. The number of likely N-dealkylation sites (N-methyl/N-ethyl adjacent to an activating group) is 1. The number of hydrogen-bond acceptors (Lipinski definition) is 4. The van der Waals surface area contributed by atoms with Crippen molar-refractivity contribution in [1.29, 1.82) is 0 Å². The summed E-state index contributed by atoms with van der Waals surface area (Å²) < 4.78 is 30.3. The molecule has 0 radical (unpaired) electrons. The number of alkyl halides is 2. The summed E-state index contributed by atoms with van der Waals surface area (Å²) in [6, 6.07) is 6.83. The number of amides is 2. The van der Waals surface area contributed by atoms with Crippen molar-refractivity contribution in [3.8, 4) is 17.5 Å². The Morgan fingerprint density at radius 3 is 2.78 bits per heavy atom. The molecule has 1 saturated carbocycles. The Kier molecular flexibility index (Phi) is 4.12. The van der Waals surface area contributed by atoms with Crippen LogP contribution in [-0.2, 0) is 17.6 Å². The highest BCUT2D eigenvalue weighted by Gasteiger charge is 2.78. The summed E-state index contributed by atoms with van der Waals surface area (Å²) in [5, 5.41) is 14.9. The fraction of sp³-hybridized carbons (Fsp3) is 0.435. The molecule has 3 atom stereocenters. The predicted molar refractivity (Wildman–Crippen MR) is 110 cm³/mol. The van der Waals surface area contributed by atoms with Crippen molar-refractivity contribution in [2.75, 3.05) is 13.6 Å². The van der Waals surface area contributed by atoms with Gasteiger partial charge in [0, 0.05) is 54.6 Å². The lowest BCUT2D eigenvalue weighted by Crippen LogP contribution is -2.37. The second-order valence-corrected chi connectivity index (χ2v) is 9.16. The third-order valence-corrected chi connectivity index (χ3v) is 7.16. The molecule has 0 spiro atoms. The molecular formula is C23H22F2N4O3. The van der Waals surface area contributed by atoms with Gasteiger partial charge in [-0.2, -0.15) is 5.10 Å². The smallest absolute Gasteiger partial charge is 0.269 e. The van der Waals surface area contributed by atoms with E-state index in [2.05, 4.69) is 16.9 Å². The van der Waals surface area contributed by atoms with Gasteiger partial charge in [0.2, 0.25) is 5.60 Å². The summed E-state index contributed by atoms with van der Waals surface area (Å²) in [7, 11) is 1.61. The number of hydrogen-bond donors (Lipinski definition) is 2. The zero-order valence-corrected chi connectivity index (χ0v) is 17.7. The lowest BCUT2D eigenvalue weighted by atomic mass is 9.87. The van der Waals surface area contributed by atoms with Gasteiger partial charge in [-0.1, -0.05) is 24.8 Å². The highest BCUT2D eigenvalue weighted by Crippen LogP contribution is 2.70. The van der Waals surface area contributed by atoms with Gasteiger partial charge < -0.3 is 15.7 Å². The first-order chi connectivity index (χ1) is 15.0. The first kappa shape index (κ1) is 20.6. The zero-order valence-electron chi connectivity index (χ0n) is 17.7. The molecule has 2 aromatic rings. The summed E-state index contributed by atoms with van der Waals surface area (Å²) in [5.41, 5.74) is 4.68. The molecule has 1 aromatic carbocycles. The van der Waals surface area contributed by atoms with E-state index in [-0.39, 0.29) is 25.0 Å². The maximum absolute atomic E-state index is 14.4. The van der Waals surface area contributed by atoms with Gasteiger partial charge >= 0.3 is 0 Å². The predicted octanol–water partition coefficient (Wildman–Crippen LogP) is 1.29. The molecule has 5 rings (SSSR count). The average Bonchev–Trinajstić information content (AvgIpc) is 3.02. The van der Waals surface area contributed by atoms with Gasteiger partial charge in [-0.05, 0) is 24.6 Å². The van der Waals surface area contributed by atoms with E-state index in [1.807, 2.05) is 0 Å². The number of benzene rings is 1. The first-order valence-corrected chi connectivity index (χ1v) is 10.4. The molecule has 3 aliphatic rings. The van der Waals surface area contributed by atoms with E-state index in [4.69, 9.17) is 5.73 Å². The second kappa shape index (κ2) is 6.39. The fourth-order valence-electron chi connectivity index (χ4n) is 4.97. The number of nitrogens with zero attached hydrogens (tertiary/aromatic N) is 3. The van der Waals surface area contributed by atoms with Crippen molar-refractivity contribution in [2.45, 2.75) is 37.7 Å². The van der Waals surface area contributed by atoms with E-state index in [0.29, 0.717) is 29.1 Å². The molecule has 2 heterocycles. The van der Waals surface area contributed by atoms with E-state index in [1.165, 1.54) is 9.58 Å². The van der Waals surface area contributed by atoms with Crippen molar-refractivity contribution in [2.24, 2.45) is 17.1 Å². The number of likely N-dealkylation sites (tertiary alicyclic amines) is 1. The fourth-order valence-corrected chi connectivity index (χ4v) is 4.97. The third-order valence-electron chi connectivity index (χ3n) is 7.16. The third kappa shape index (κ3) is 2.72. The zero-order chi connectivity index (χ0) is 23.1. The summed E-state index contributed by atoms with van der Waals surface area (Å²) in [6.07, 6.45) is 0.355. The van der Waals surface area contributed by atoms with Gasteiger partial charge in [0.25, 0.3) is 17.7 Å². The minimum atomic E-state index is -2.80. The van der Waals surface area contributed by atoms with Crippen LogP contribution >= 0.6 is 0 Å². The average molecular weight is 440 g/mol. The molecule has 2 aliphatic carbocycles. The number of carbonyl (C=O) groups excluding carboxylic acids is 2. The number of halogens is 2. The molecule has 166 valence electrons. The van der Waals surface area contributed by atoms with E-state index < -0.39 is 34.7 Å². The quantitative estimate of drug-likeness (QED) is 0.687. The number of aromatic nitrogens is 2. The van der Waals surface area contributed by atoms with Crippen molar-refractivity contribution >= 4 is 11.8 Å². The van der Waals surface area contributed by atoms with Crippen LogP contribution in [0.2, 0.25) is 0 Å². The number of rotatable bonds is 2. The number of aliphatic hydroxyl groups is 1. The molecule has 2 amide bonds. The van der Waals surface area contributed by atoms with Gasteiger partial charge in [0.1, 0.15) is 0 Å². The normalized spacial score (nSPS) is 29.7. The molecule has 0 bridgehead atoms. The molecule has 2 fully saturated rings. The largest absolute Gasteiger partial charge is 0.369 e. The minimum absolute atomic E-state index is 0.00939. The summed E-state index contributed by atoms with van der Waals surface area (Å²) in [4.78, 5) is 25.5. The molecule has 1 saturated heterocycles. The highest BCUT2D eigenvalue weighted by atomic mass is 19.3. The Hall–Kier alpha value is -3.25. The van der Waals surface area contributed by atoms with E-state index >= 15 is 0 Å². The van der Waals surface area contributed by atoms with Gasteiger partial charge in [0.15, 0.2) is 5.69 Å². The Labute approximate surface area is 183 Å². The van der Waals surface area contributed by atoms with Crippen molar-refractivity contribution < 1.29 is 23.5 Å². The summed E-state index contributed by atoms with van der Waals surface area (Å²) >= 11 is 0. The molecule has 32 heavy (non-hydrogen) atoms. The molecule has 9 heteroatoms.